The monoisotopic (exact) mass is 299 g/mol. The van der Waals surface area contributed by atoms with Crippen LogP contribution in [0, 0.1) is 17.0 Å². The van der Waals surface area contributed by atoms with Crippen LogP contribution in [0.15, 0.2) is 24.3 Å². The molecule has 19 heavy (non-hydrogen) atoms. The van der Waals surface area contributed by atoms with Gasteiger partial charge in [-0.2, -0.15) is 4.98 Å². The predicted octanol–water partition coefficient (Wildman–Crippen LogP) is 3.79. The number of halogens is 2. The van der Waals surface area contributed by atoms with E-state index >= 15 is 0 Å². The number of nitrogens with zero attached hydrogens (tertiary/aromatic N) is 3. The summed E-state index contributed by atoms with van der Waals surface area (Å²) in [6, 6.07) is 5.74. The Morgan fingerprint density at radius 2 is 2.05 bits per heavy atom. The average Bonchev–Trinajstić information content (AvgIpc) is 2.30. The molecule has 2 aromatic rings. The fourth-order valence-corrected chi connectivity index (χ4v) is 1.83. The zero-order chi connectivity index (χ0) is 14.0. The van der Waals surface area contributed by atoms with Crippen LogP contribution in [0.2, 0.25) is 10.3 Å². The number of nitro benzene ring substituents is 1. The van der Waals surface area contributed by atoms with Crippen molar-refractivity contribution in [2.24, 2.45) is 0 Å². The number of ether oxygens (including phenoxy) is 1. The Hall–Kier alpha value is -1.92. The van der Waals surface area contributed by atoms with Gasteiger partial charge in [-0.15, -0.1) is 0 Å². The van der Waals surface area contributed by atoms with Gasteiger partial charge >= 0.3 is 5.69 Å². The summed E-state index contributed by atoms with van der Waals surface area (Å²) in [7, 11) is 0. The van der Waals surface area contributed by atoms with Gasteiger partial charge in [-0.05, 0) is 24.6 Å². The molecule has 0 radical (unpaired) electrons. The summed E-state index contributed by atoms with van der Waals surface area (Å²) in [5.74, 6) is 0.0111. The summed E-state index contributed by atoms with van der Waals surface area (Å²) in [4.78, 5) is 18.0. The van der Waals surface area contributed by atoms with E-state index in [2.05, 4.69) is 9.97 Å². The molecule has 0 N–H and O–H groups in total. The summed E-state index contributed by atoms with van der Waals surface area (Å²) in [5.41, 5.74) is 0.324. The summed E-state index contributed by atoms with van der Waals surface area (Å²) in [6.45, 7) is 1.70. The Morgan fingerprint density at radius 1 is 1.32 bits per heavy atom. The lowest BCUT2D eigenvalue weighted by molar-refractivity contribution is -0.385. The second-order valence-corrected chi connectivity index (χ2v) is 4.31. The quantitative estimate of drug-likeness (QED) is 0.489. The number of aryl methyl sites for hydroxylation is 1. The minimum atomic E-state index is -0.586. The van der Waals surface area contributed by atoms with Gasteiger partial charge in [0, 0.05) is 17.8 Å². The van der Waals surface area contributed by atoms with Crippen LogP contribution in [0.3, 0.4) is 0 Å². The molecule has 0 amide bonds. The van der Waals surface area contributed by atoms with Gasteiger partial charge in [0.1, 0.15) is 0 Å². The van der Waals surface area contributed by atoms with Crippen LogP contribution in [0.25, 0.3) is 0 Å². The first-order valence-electron chi connectivity index (χ1n) is 5.09. The highest BCUT2D eigenvalue weighted by Gasteiger charge is 2.19. The second kappa shape index (κ2) is 5.38. The summed E-state index contributed by atoms with van der Waals surface area (Å²) >= 11 is 11.6. The molecular weight excluding hydrogens is 293 g/mol. The van der Waals surface area contributed by atoms with E-state index in [0.717, 1.165) is 0 Å². The smallest absolute Gasteiger partial charge is 0.313 e. The third kappa shape index (κ3) is 3.10. The zero-order valence-electron chi connectivity index (χ0n) is 9.63. The fourth-order valence-electron chi connectivity index (χ4n) is 1.40. The zero-order valence-corrected chi connectivity index (χ0v) is 11.1. The molecule has 98 valence electrons. The van der Waals surface area contributed by atoms with E-state index < -0.39 is 4.92 Å². The molecule has 6 nitrogen and oxygen atoms in total. The minimum Gasteiger partial charge on any atom is -0.430 e. The molecule has 8 heteroatoms. The molecule has 0 unspecified atom stereocenters. The molecule has 0 saturated carbocycles. The lowest BCUT2D eigenvalue weighted by Crippen LogP contribution is -1.97. The Morgan fingerprint density at radius 3 is 2.68 bits per heavy atom. The number of aromatic nitrogens is 2. The normalized spacial score (nSPS) is 10.3. The lowest BCUT2D eigenvalue weighted by Gasteiger charge is -2.07. The molecule has 0 bridgehead atoms. The number of hydrogen-bond acceptors (Lipinski definition) is 5. The Kier molecular flexibility index (Phi) is 3.82. The molecule has 0 aliphatic carbocycles. The van der Waals surface area contributed by atoms with Crippen LogP contribution < -0.4 is 4.74 Å². The number of nitro groups is 1. The van der Waals surface area contributed by atoms with Gasteiger partial charge in [0.2, 0.25) is 16.9 Å². The first-order chi connectivity index (χ1) is 8.97. The van der Waals surface area contributed by atoms with Crippen molar-refractivity contribution in [1.29, 1.82) is 0 Å². The topological polar surface area (TPSA) is 78.2 Å². The molecule has 2 rings (SSSR count). The van der Waals surface area contributed by atoms with Crippen LogP contribution in [-0.4, -0.2) is 14.9 Å². The highest BCUT2D eigenvalue weighted by molar-refractivity contribution is 6.32. The summed E-state index contributed by atoms with van der Waals surface area (Å²) in [6.07, 6.45) is 0. The molecule has 0 aliphatic heterocycles. The van der Waals surface area contributed by atoms with Crippen LogP contribution in [0.4, 0.5) is 5.69 Å². The standard InChI is InChI=1S/C11H7Cl2N3O3/c1-6-5-9(15-11(13)14-6)19-10-7(12)3-2-4-8(10)16(17)18/h2-5H,1H3. The number of para-hydroxylation sites is 1. The van der Waals surface area contributed by atoms with Crippen molar-refractivity contribution in [3.8, 4) is 11.6 Å². The predicted molar refractivity (Wildman–Crippen MR) is 70.0 cm³/mol. The highest BCUT2D eigenvalue weighted by atomic mass is 35.5. The molecule has 0 atom stereocenters. The van der Waals surface area contributed by atoms with Crippen molar-refractivity contribution in [2.75, 3.05) is 0 Å². The van der Waals surface area contributed by atoms with Crippen LogP contribution in [-0.2, 0) is 0 Å². The first-order valence-corrected chi connectivity index (χ1v) is 5.85. The summed E-state index contributed by atoms with van der Waals surface area (Å²) < 4.78 is 5.35. The van der Waals surface area contributed by atoms with Crippen molar-refractivity contribution < 1.29 is 9.66 Å². The molecule has 0 aliphatic rings. The van der Waals surface area contributed by atoms with Crippen molar-refractivity contribution in [3.63, 3.8) is 0 Å². The second-order valence-electron chi connectivity index (χ2n) is 3.56. The third-order valence-electron chi connectivity index (χ3n) is 2.15. The molecule has 1 aromatic carbocycles. The van der Waals surface area contributed by atoms with Crippen molar-refractivity contribution in [3.05, 3.63) is 50.4 Å². The van der Waals surface area contributed by atoms with E-state index in [1.165, 1.54) is 24.3 Å². The minimum absolute atomic E-state index is 0.00953. The van der Waals surface area contributed by atoms with E-state index in [1.54, 1.807) is 6.92 Å². The fraction of sp³-hybridized carbons (Fsp3) is 0.0909. The van der Waals surface area contributed by atoms with Crippen molar-refractivity contribution in [1.82, 2.24) is 9.97 Å². The van der Waals surface area contributed by atoms with E-state index in [0.29, 0.717) is 5.69 Å². The Bertz CT molecular complexity index is 629. The maximum atomic E-state index is 10.9. The largest absolute Gasteiger partial charge is 0.430 e. The maximum absolute atomic E-state index is 10.9. The van der Waals surface area contributed by atoms with Crippen LogP contribution in [0.1, 0.15) is 5.69 Å². The number of hydrogen-bond donors (Lipinski definition) is 0. The lowest BCUT2D eigenvalue weighted by atomic mass is 10.3. The molecular formula is C11H7Cl2N3O3. The number of rotatable bonds is 3. The molecule has 1 heterocycles. The molecule has 0 saturated heterocycles. The van der Waals surface area contributed by atoms with E-state index in [-0.39, 0.29) is 27.6 Å². The van der Waals surface area contributed by atoms with Crippen molar-refractivity contribution >= 4 is 28.9 Å². The van der Waals surface area contributed by atoms with Gasteiger partial charge in [-0.1, -0.05) is 17.7 Å². The van der Waals surface area contributed by atoms with E-state index in [4.69, 9.17) is 27.9 Å². The first kappa shape index (κ1) is 13.5. The van der Waals surface area contributed by atoms with Gasteiger partial charge in [0.05, 0.1) is 9.95 Å². The van der Waals surface area contributed by atoms with E-state index in [1.807, 2.05) is 0 Å². The SMILES string of the molecule is Cc1cc(Oc2c(Cl)cccc2[N+](=O)[O-])nc(Cl)n1. The third-order valence-corrected chi connectivity index (χ3v) is 2.62. The number of benzene rings is 1. The Balaban J connectivity index is 2.45. The van der Waals surface area contributed by atoms with Crippen molar-refractivity contribution in [2.45, 2.75) is 6.92 Å². The van der Waals surface area contributed by atoms with E-state index in [9.17, 15) is 10.1 Å². The van der Waals surface area contributed by atoms with Gasteiger partial charge in [0.25, 0.3) is 0 Å². The van der Waals surface area contributed by atoms with Crippen LogP contribution >= 0.6 is 23.2 Å². The maximum Gasteiger partial charge on any atom is 0.313 e. The van der Waals surface area contributed by atoms with Gasteiger partial charge in [-0.3, -0.25) is 10.1 Å². The molecule has 1 aromatic heterocycles. The van der Waals surface area contributed by atoms with Crippen LogP contribution in [0.5, 0.6) is 11.6 Å². The van der Waals surface area contributed by atoms with Gasteiger partial charge in [0.15, 0.2) is 0 Å². The molecule has 0 fully saturated rings. The highest BCUT2D eigenvalue weighted by Crippen LogP contribution is 2.37. The Labute approximate surface area is 118 Å². The van der Waals surface area contributed by atoms with Gasteiger partial charge in [-0.25, -0.2) is 4.98 Å². The van der Waals surface area contributed by atoms with Gasteiger partial charge < -0.3 is 4.74 Å². The molecule has 0 spiro atoms. The average molecular weight is 300 g/mol. The summed E-state index contributed by atoms with van der Waals surface area (Å²) in [5, 5.41) is 11.0.